The van der Waals surface area contributed by atoms with Crippen molar-refractivity contribution in [3.63, 3.8) is 0 Å². The fourth-order valence-electron chi connectivity index (χ4n) is 4.78. The molecule has 0 spiro atoms. The molecule has 2 aliphatic rings. The topological polar surface area (TPSA) is 0 Å². The van der Waals surface area contributed by atoms with Gasteiger partial charge in [0.25, 0.3) is 0 Å². The Morgan fingerprint density at radius 3 is 1.40 bits per heavy atom. The van der Waals surface area contributed by atoms with Crippen LogP contribution in [0.25, 0.3) is 11.1 Å². The summed E-state index contributed by atoms with van der Waals surface area (Å²) < 4.78 is 0. The molecule has 25 heavy (non-hydrogen) atoms. The molecule has 0 nitrogen and oxygen atoms in total. The molecule has 0 saturated carbocycles. The number of hydrogen-bond acceptors (Lipinski definition) is 0. The van der Waals surface area contributed by atoms with Gasteiger partial charge in [-0.15, -0.1) is 0 Å². The molecular weight excluding hydrogens is 316 g/mol. The standard InChI is InChI=1S/C24H26Si/c1-13-9-7-11-19-21(13)15(3)17(5)23(19)25-24-18(6)16(4)22-14(2)10-8-12-20(22)24/h7-12,23-24H,1-6H3. The molecule has 0 bridgehead atoms. The minimum absolute atomic E-state index is 0.578. The van der Waals surface area contributed by atoms with Crippen LogP contribution < -0.4 is 0 Å². The summed E-state index contributed by atoms with van der Waals surface area (Å²) in [5.74, 6) is 0. The van der Waals surface area contributed by atoms with Gasteiger partial charge in [-0.1, -0.05) is 47.5 Å². The predicted octanol–water partition coefficient (Wildman–Crippen LogP) is 6.40. The molecule has 2 aliphatic carbocycles. The maximum Gasteiger partial charge on any atom is 0.0678 e. The summed E-state index contributed by atoms with van der Waals surface area (Å²) in [6, 6.07) is 13.7. The second-order valence-electron chi connectivity index (χ2n) is 7.73. The van der Waals surface area contributed by atoms with E-state index in [4.69, 9.17) is 0 Å². The summed E-state index contributed by atoms with van der Waals surface area (Å²) in [6.45, 7) is 13.8. The lowest BCUT2D eigenvalue weighted by molar-refractivity contribution is 1.03. The largest absolute Gasteiger partial charge is 0.0678 e. The van der Waals surface area contributed by atoms with Crippen molar-refractivity contribution in [3.05, 3.63) is 80.9 Å². The fourth-order valence-corrected chi connectivity index (χ4v) is 6.88. The molecule has 0 amide bonds. The Balaban J connectivity index is 1.79. The van der Waals surface area contributed by atoms with E-state index in [1.807, 2.05) is 0 Å². The van der Waals surface area contributed by atoms with Crippen LogP contribution in [0.4, 0.5) is 0 Å². The molecule has 2 aromatic rings. The van der Waals surface area contributed by atoms with E-state index in [0.717, 1.165) is 9.52 Å². The zero-order valence-electron chi connectivity index (χ0n) is 16.1. The molecular formula is C24H26Si. The van der Waals surface area contributed by atoms with E-state index in [1.54, 1.807) is 22.3 Å². The van der Waals surface area contributed by atoms with Crippen molar-refractivity contribution in [1.29, 1.82) is 0 Å². The molecule has 0 N–H and O–H groups in total. The zero-order chi connectivity index (χ0) is 17.9. The Kier molecular flexibility index (Phi) is 3.88. The average molecular weight is 343 g/mol. The van der Waals surface area contributed by atoms with Crippen molar-refractivity contribution >= 4 is 20.7 Å². The van der Waals surface area contributed by atoms with Gasteiger partial charge in [0.05, 0.1) is 9.52 Å². The molecule has 2 unspecified atom stereocenters. The lowest BCUT2D eigenvalue weighted by Gasteiger charge is -2.21. The number of benzene rings is 2. The Morgan fingerprint density at radius 1 is 0.600 bits per heavy atom. The number of aryl methyl sites for hydroxylation is 2. The summed E-state index contributed by atoms with van der Waals surface area (Å²) in [4.78, 5) is 0. The molecule has 1 heteroatoms. The van der Waals surface area contributed by atoms with Gasteiger partial charge in [0, 0.05) is 0 Å². The zero-order valence-corrected chi connectivity index (χ0v) is 17.1. The Morgan fingerprint density at radius 2 is 1.00 bits per heavy atom. The minimum atomic E-state index is 0.578. The third kappa shape index (κ3) is 2.32. The smallest absolute Gasteiger partial charge is 0.0655 e. The van der Waals surface area contributed by atoms with Gasteiger partial charge in [0.2, 0.25) is 0 Å². The summed E-state index contributed by atoms with van der Waals surface area (Å²) in [6.07, 6.45) is 0. The molecule has 126 valence electrons. The highest BCUT2D eigenvalue weighted by Gasteiger charge is 2.35. The quantitative estimate of drug-likeness (QED) is 0.554. The van der Waals surface area contributed by atoms with E-state index in [2.05, 4.69) is 77.9 Å². The van der Waals surface area contributed by atoms with Gasteiger partial charge in [-0.2, -0.15) is 0 Å². The second-order valence-corrected chi connectivity index (χ2v) is 9.22. The van der Waals surface area contributed by atoms with Crippen molar-refractivity contribution < 1.29 is 0 Å². The highest BCUT2D eigenvalue weighted by Crippen LogP contribution is 2.48. The first-order chi connectivity index (χ1) is 11.9. The molecule has 0 saturated heterocycles. The van der Waals surface area contributed by atoms with Crippen molar-refractivity contribution in [2.75, 3.05) is 0 Å². The molecule has 0 fully saturated rings. The first-order valence-corrected chi connectivity index (χ1v) is 10.4. The number of rotatable bonds is 2. The minimum Gasteiger partial charge on any atom is -0.0655 e. The Labute approximate surface area is 154 Å². The van der Waals surface area contributed by atoms with Crippen LogP contribution in [0.5, 0.6) is 0 Å². The van der Waals surface area contributed by atoms with Gasteiger partial charge in [0.15, 0.2) is 0 Å². The maximum atomic E-state index is 2.36. The van der Waals surface area contributed by atoms with Gasteiger partial charge in [-0.05, 0) is 97.2 Å². The van der Waals surface area contributed by atoms with Crippen LogP contribution in [-0.2, 0) is 0 Å². The van der Waals surface area contributed by atoms with Gasteiger partial charge in [-0.25, -0.2) is 0 Å². The molecule has 0 aromatic heterocycles. The third-order valence-electron chi connectivity index (χ3n) is 6.36. The van der Waals surface area contributed by atoms with Gasteiger partial charge in [0.1, 0.15) is 0 Å². The van der Waals surface area contributed by atoms with E-state index in [1.165, 1.54) is 33.4 Å². The highest BCUT2D eigenvalue weighted by atomic mass is 28.2. The number of allylic oxidation sites excluding steroid dienone is 4. The third-order valence-corrected chi connectivity index (χ3v) is 8.52. The number of fused-ring (bicyclic) bond motifs is 2. The van der Waals surface area contributed by atoms with E-state index >= 15 is 0 Å². The van der Waals surface area contributed by atoms with Crippen molar-refractivity contribution in [3.8, 4) is 0 Å². The van der Waals surface area contributed by atoms with E-state index in [-0.39, 0.29) is 0 Å². The molecule has 2 aromatic carbocycles. The van der Waals surface area contributed by atoms with Crippen LogP contribution in [0, 0.1) is 13.8 Å². The van der Waals surface area contributed by atoms with Crippen LogP contribution >= 0.6 is 0 Å². The monoisotopic (exact) mass is 342 g/mol. The van der Waals surface area contributed by atoms with E-state index < -0.39 is 0 Å². The molecule has 0 heterocycles. The highest BCUT2D eigenvalue weighted by molar-refractivity contribution is 6.44. The fraction of sp³-hybridized carbons (Fsp3) is 0.333. The summed E-state index contributed by atoms with van der Waals surface area (Å²) in [5.41, 5.74) is 16.3. The van der Waals surface area contributed by atoms with Crippen molar-refractivity contribution in [2.24, 2.45) is 0 Å². The van der Waals surface area contributed by atoms with Crippen molar-refractivity contribution in [1.82, 2.24) is 0 Å². The summed E-state index contributed by atoms with van der Waals surface area (Å²) in [7, 11) is 0.883. The first-order valence-electron chi connectivity index (χ1n) is 9.22. The second kappa shape index (κ2) is 5.84. The van der Waals surface area contributed by atoms with Crippen LogP contribution in [0.1, 0.15) is 72.2 Å². The number of hydrogen-bond donors (Lipinski definition) is 0. The Hall–Kier alpha value is -1.86. The predicted molar refractivity (Wildman–Crippen MR) is 110 cm³/mol. The lowest BCUT2D eigenvalue weighted by Crippen LogP contribution is -2.17. The summed E-state index contributed by atoms with van der Waals surface area (Å²) >= 11 is 0. The first kappa shape index (κ1) is 16.6. The van der Waals surface area contributed by atoms with Gasteiger partial charge < -0.3 is 0 Å². The van der Waals surface area contributed by atoms with Crippen LogP contribution in [0.2, 0.25) is 0 Å². The van der Waals surface area contributed by atoms with E-state index in [0.29, 0.717) is 11.1 Å². The van der Waals surface area contributed by atoms with Crippen molar-refractivity contribution in [2.45, 2.75) is 52.6 Å². The molecule has 2 radical (unpaired) electrons. The molecule has 2 atom stereocenters. The molecule has 4 rings (SSSR count). The SMILES string of the molecule is CC1=C(C)C([Si]C2C(C)=C(C)c3c(C)cccc32)c2cccc(C)c21. The maximum absolute atomic E-state index is 2.36. The van der Waals surface area contributed by atoms with Gasteiger partial charge in [-0.3, -0.25) is 0 Å². The van der Waals surface area contributed by atoms with Gasteiger partial charge >= 0.3 is 0 Å². The normalized spacial score (nSPS) is 21.8. The van der Waals surface area contributed by atoms with Crippen LogP contribution in [-0.4, -0.2) is 9.52 Å². The average Bonchev–Trinajstić information content (AvgIpc) is 2.97. The molecule has 0 aliphatic heterocycles. The van der Waals surface area contributed by atoms with E-state index in [9.17, 15) is 0 Å². The lowest BCUT2D eigenvalue weighted by atomic mass is 10.0. The Bertz CT molecular complexity index is 865. The van der Waals surface area contributed by atoms with Crippen LogP contribution in [0.3, 0.4) is 0 Å². The summed E-state index contributed by atoms with van der Waals surface area (Å²) in [5, 5.41) is 0. The van der Waals surface area contributed by atoms with Crippen LogP contribution in [0.15, 0.2) is 47.5 Å².